The number of hydrogen-bond acceptors (Lipinski definition) is 3. The maximum atomic E-state index is 3.46. The van der Waals surface area contributed by atoms with Crippen LogP contribution in [0.2, 0.25) is 0 Å². The summed E-state index contributed by atoms with van der Waals surface area (Å²) >= 11 is 1.84. The van der Waals surface area contributed by atoms with Crippen molar-refractivity contribution in [2.75, 3.05) is 25.0 Å². The molecule has 0 aliphatic heterocycles. The Morgan fingerprint density at radius 1 is 1.24 bits per heavy atom. The van der Waals surface area contributed by atoms with Gasteiger partial charge in [-0.2, -0.15) is 0 Å². The van der Waals surface area contributed by atoms with Crippen LogP contribution in [0, 0.1) is 6.92 Å². The van der Waals surface area contributed by atoms with Gasteiger partial charge in [-0.25, -0.2) is 0 Å². The van der Waals surface area contributed by atoms with Crippen LogP contribution >= 0.6 is 11.3 Å². The number of nitrogens with zero attached hydrogens (tertiary/aromatic N) is 1. The molecule has 3 heteroatoms. The molecule has 1 heterocycles. The predicted molar refractivity (Wildman–Crippen MR) is 94.5 cm³/mol. The third-order valence-electron chi connectivity index (χ3n) is 3.70. The van der Waals surface area contributed by atoms with E-state index in [9.17, 15) is 0 Å². The highest BCUT2D eigenvalue weighted by molar-refractivity contribution is 7.09. The summed E-state index contributed by atoms with van der Waals surface area (Å²) in [5.74, 6) is 0. The number of aryl methyl sites for hydroxylation is 1. The molecule has 0 spiro atoms. The van der Waals surface area contributed by atoms with E-state index < -0.39 is 0 Å². The van der Waals surface area contributed by atoms with E-state index in [1.165, 1.54) is 28.1 Å². The molecule has 2 rings (SSSR count). The number of benzene rings is 1. The van der Waals surface area contributed by atoms with Crippen molar-refractivity contribution in [2.24, 2.45) is 0 Å². The van der Waals surface area contributed by atoms with E-state index in [0.29, 0.717) is 0 Å². The number of likely N-dealkylation sites (N-methyl/N-ethyl adjacent to an activating group) is 1. The summed E-state index contributed by atoms with van der Waals surface area (Å²) in [4.78, 5) is 3.82. The molecule has 0 aliphatic rings. The second-order valence-corrected chi connectivity index (χ2v) is 6.58. The molecule has 1 aromatic heterocycles. The number of thiophene rings is 1. The lowest BCUT2D eigenvalue weighted by atomic mass is 10.1. The summed E-state index contributed by atoms with van der Waals surface area (Å²) in [6.07, 6.45) is 2.30. The highest BCUT2D eigenvalue weighted by Gasteiger charge is 2.06. The van der Waals surface area contributed by atoms with Crippen molar-refractivity contribution in [3.05, 3.63) is 51.7 Å². The van der Waals surface area contributed by atoms with Gasteiger partial charge in [0.05, 0.1) is 0 Å². The SMILES string of the molecule is CCCNCc1ccc(N(C)CCc2cccs2)c(C)c1. The van der Waals surface area contributed by atoms with Crippen molar-refractivity contribution in [1.82, 2.24) is 5.32 Å². The molecule has 2 aromatic rings. The van der Waals surface area contributed by atoms with Gasteiger partial charge in [0.15, 0.2) is 0 Å². The minimum Gasteiger partial charge on any atom is -0.374 e. The Bertz CT molecular complexity index is 534. The zero-order valence-electron chi connectivity index (χ0n) is 13.4. The van der Waals surface area contributed by atoms with Gasteiger partial charge in [0, 0.05) is 30.7 Å². The third kappa shape index (κ3) is 4.87. The van der Waals surface area contributed by atoms with E-state index in [4.69, 9.17) is 0 Å². The van der Waals surface area contributed by atoms with Crippen LogP contribution < -0.4 is 10.2 Å². The first-order valence-corrected chi connectivity index (χ1v) is 8.62. The standard InChI is InChI=1S/C18H26N2S/c1-4-10-19-14-16-7-8-18(15(2)13-16)20(3)11-9-17-6-5-12-21-17/h5-8,12-13,19H,4,9-11,14H2,1-3H3. The van der Waals surface area contributed by atoms with Crippen LogP contribution in [0.1, 0.15) is 29.3 Å². The molecule has 0 saturated heterocycles. The first kappa shape index (κ1) is 16.1. The van der Waals surface area contributed by atoms with Crippen molar-refractivity contribution >= 4 is 17.0 Å². The van der Waals surface area contributed by atoms with E-state index in [1.54, 1.807) is 0 Å². The summed E-state index contributed by atoms with van der Waals surface area (Å²) in [6, 6.07) is 11.1. The average Bonchev–Trinajstić information content (AvgIpc) is 2.98. The smallest absolute Gasteiger partial charge is 0.0393 e. The first-order chi connectivity index (χ1) is 10.2. The zero-order valence-corrected chi connectivity index (χ0v) is 14.2. The average molecular weight is 302 g/mol. The zero-order chi connectivity index (χ0) is 15.1. The largest absolute Gasteiger partial charge is 0.374 e. The van der Waals surface area contributed by atoms with Gasteiger partial charge in [-0.1, -0.05) is 25.1 Å². The van der Waals surface area contributed by atoms with E-state index in [-0.39, 0.29) is 0 Å². The second kappa shape index (κ2) is 8.20. The molecule has 0 unspecified atom stereocenters. The van der Waals surface area contributed by atoms with Gasteiger partial charge in [-0.3, -0.25) is 0 Å². The quantitative estimate of drug-likeness (QED) is 0.734. The number of hydrogen-bond donors (Lipinski definition) is 1. The molecule has 0 radical (unpaired) electrons. The van der Waals surface area contributed by atoms with Crippen molar-refractivity contribution < 1.29 is 0 Å². The van der Waals surface area contributed by atoms with E-state index in [2.05, 4.69) is 66.8 Å². The van der Waals surface area contributed by atoms with Crippen molar-refractivity contribution in [3.63, 3.8) is 0 Å². The molecule has 2 nitrogen and oxygen atoms in total. The van der Waals surface area contributed by atoms with Crippen molar-refractivity contribution in [3.8, 4) is 0 Å². The Balaban J connectivity index is 1.92. The number of nitrogens with one attached hydrogen (secondary N) is 1. The molecule has 0 amide bonds. The van der Waals surface area contributed by atoms with Gasteiger partial charge in [0.25, 0.3) is 0 Å². The molecule has 0 fully saturated rings. The minimum absolute atomic E-state index is 0.966. The van der Waals surface area contributed by atoms with Gasteiger partial charge in [-0.05, 0) is 54.9 Å². The summed E-state index contributed by atoms with van der Waals surface area (Å²) in [5.41, 5.74) is 4.07. The minimum atomic E-state index is 0.966. The highest BCUT2D eigenvalue weighted by Crippen LogP contribution is 2.21. The monoisotopic (exact) mass is 302 g/mol. The molecule has 0 atom stereocenters. The van der Waals surface area contributed by atoms with Crippen LogP contribution in [0.3, 0.4) is 0 Å². The Labute approximate surface area is 132 Å². The molecular weight excluding hydrogens is 276 g/mol. The molecule has 114 valence electrons. The van der Waals surface area contributed by atoms with E-state index in [0.717, 1.165) is 26.1 Å². The fraction of sp³-hybridized carbons (Fsp3) is 0.444. The maximum absolute atomic E-state index is 3.46. The van der Waals surface area contributed by atoms with Crippen LogP contribution in [0.4, 0.5) is 5.69 Å². The lowest BCUT2D eigenvalue weighted by molar-refractivity contribution is 0.675. The van der Waals surface area contributed by atoms with Gasteiger partial charge in [0.1, 0.15) is 0 Å². The van der Waals surface area contributed by atoms with Crippen LogP contribution in [-0.2, 0) is 13.0 Å². The summed E-state index contributed by atoms with van der Waals surface area (Å²) in [6.45, 7) is 7.52. The number of rotatable bonds is 8. The number of anilines is 1. The molecule has 1 aromatic carbocycles. The molecule has 21 heavy (non-hydrogen) atoms. The van der Waals surface area contributed by atoms with Crippen molar-refractivity contribution in [2.45, 2.75) is 33.2 Å². The third-order valence-corrected chi connectivity index (χ3v) is 4.64. The second-order valence-electron chi connectivity index (χ2n) is 5.55. The first-order valence-electron chi connectivity index (χ1n) is 7.74. The molecule has 0 aliphatic carbocycles. The highest BCUT2D eigenvalue weighted by atomic mass is 32.1. The fourth-order valence-electron chi connectivity index (χ4n) is 2.52. The van der Waals surface area contributed by atoms with Crippen LogP contribution in [0.15, 0.2) is 35.7 Å². The van der Waals surface area contributed by atoms with E-state index >= 15 is 0 Å². The summed E-state index contributed by atoms with van der Waals surface area (Å²) < 4.78 is 0. The van der Waals surface area contributed by atoms with Gasteiger partial charge in [0.2, 0.25) is 0 Å². The van der Waals surface area contributed by atoms with Crippen molar-refractivity contribution in [1.29, 1.82) is 0 Å². The maximum Gasteiger partial charge on any atom is 0.0393 e. The van der Waals surface area contributed by atoms with Gasteiger partial charge < -0.3 is 10.2 Å². The fourth-order valence-corrected chi connectivity index (χ4v) is 3.22. The Morgan fingerprint density at radius 3 is 2.76 bits per heavy atom. The summed E-state index contributed by atoms with van der Waals surface area (Å²) in [5, 5.41) is 5.61. The Morgan fingerprint density at radius 2 is 2.10 bits per heavy atom. The van der Waals surface area contributed by atoms with Crippen LogP contribution in [0.5, 0.6) is 0 Å². The van der Waals surface area contributed by atoms with E-state index in [1.807, 2.05) is 11.3 Å². The Kier molecular flexibility index (Phi) is 6.27. The van der Waals surface area contributed by atoms with Crippen LogP contribution in [0.25, 0.3) is 0 Å². The molecule has 0 bridgehead atoms. The molecule has 0 saturated carbocycles. The lowest BCUT2D eigenvalue weighted by Crippen LogP contribution is -2.21. The molecule has 1 N–H and O–H groups in total. The van der Waals surface area contributed by atoms with Gasteiger partial charge >= 0.3 is 0 Å². The Hall–Kier alpha value is -1.32. The molecular formula is C18H26N2S. The topological polar surface area (TPSA) is 15.3 Å². The summed E-state index contributed by atoms with van der Waals surface area (Å²) in [7, 11) is 2.19. The van der Waals surface area contributed by atoms with Gasteiger partial charge in [-0.15, -0.1) is 11.3 Å². The normalized spacial score (nSPS) is 10.8. The lowest BCUT2D eigenvalue weighted by Gasteiger charge is -2.22. The van der Waals surface area contributed by atoms with Crippen LogP contribution in [-0.4, -0.2) is 20.1 Å². The predicted octanol–water partition coefficient (Wildman–Crippen LogP) is 4.24.